The standard InChI is InChI=1S/C18H17ClFN5O3/c19-13-2-1-12(8-14(13)20)24-3-5-25(6-4-24)16(26)10-21-11-7-15-17(22-9-11)23-18(27)28-15/h1-2,7-9,21H,3-6,10H2,(H,22,23,27). The van der Waals surface area contributed by atoms with Gasteiger partial charge in [0.05, 0.1) is 23.5 Å². The number of aromatic nitrogens is 2. The van der Waals surface area contributed by atoms with Gasteiger partial charge in [0.25, 0.3) is 0 Å². The summed E-state index contributed by atoms with van der Waals surface area (Å²) >= 11 is 5.72. The third-order valence-electron chi connectivity index (χ3n) is 4.62. The smallest absolute Gasteiger partial charge is 0.406 e. The Kier molecular flexibility index (Phi) is 4.91. The second kappa shape index (κ2) is 7.51. The van der Waals surface area contributed by atoms with E-state index in [1.807, 2.05) is 4.90 Å². The van der Waals surface area contributed by atoms with Crippen molar-refractivity contribution in [2.45, 2.75) is 0 Å². The van der Waals surface area contributed by atoms with Gasteiger partial charge in [0.15, 0.2) is 11.2 Å². The molecule has 3 heterocycles. The first kappa shape index (κ1) is 18.3. The van der Waals surface area contributed by atoms with Gasteiger partial charge in [-0.15, -0.1) is 0 Å². The number of nitrogens with zero attached hydrogens (tertiary/aromatic N) is 3. The van der Waals surface area contributed by atoms with Crippen molar-refractivity contribution in [2.24, 2.45) is 0 Å². The molecule has 2 N–H and O–H groups in total. The van der Waals surface area contributed by atoms with E-state index < -0.39 is 11.6 Å². The second-order valence-electron chi connectivity index (χ2n) is 6.41. The molecule has 0 spiro atoms. The summed E-state index contributed by atoms with van der Waals surface area (Å²) in [4.78, 5) is 33.9. The Morgan fingerprint density at radius 1 is 1.29 bits per heavy atom. The molecule has 0 atom stereocenters. The summed E-state index contributed by atoms with van der Waals surface area (Å²) in [5, 5.41) is 3.09. The van der Waals surface area contributed by atoms with Gasteiger partial charge in [0, 0.05) is 37.9 Å². The highest BCUT2D eigenvalue weighted by Crippen LogP contribution is 2.23. The highest BCUT2D eigenvalue weighted by atomic mass is 35.5. The molecule has 3 aromatic rings. The number of pyridine rings is 1. The van der Waals surface area contributed by atoms with Crippen LogP contribution in [0.2, 0.25) is 5.02 Å². The molecule has 0 bridgehead atoms. The van der Waals surface area contributed by atoms with Gasteiger partial charge in [-0.1, -0.05) is 11.6 Å². The Bertz CT molecular complexity index is 1070. The zero-order valence-corrected chi connectivity index (χ0v) is 15.5. The third kappa shape index (κ3) is 3.79. The van der Waals surface area contributed by atoms with Gasteiger partial charge in [-0.3, -0.25) is 9.78 Å². The summed E-state index contributed by atoms with van der Waals surface area (Å²) < 4.78 is 18.6. The van der Waals surface area contributed by atoms with Crippen LogP contribution >= 0.6 is 11.6 Å². The fraction of sp³-hybridized carbons (Fsp3) is 0.278. The van der Waals surface area contributed by atoms with Crippen molar-refractivity contribution in [3.8, 4) is 0 Å². The number of H-pyrrole nitrogens is 1. The van der Waals surface area contributed by atoms with E-state index in [-0.39, 0.29) is 17.5 Å². The Balaban J connectivity index is 1.32. The van der Waals surface area contributed by atoms with Crippen LogP contribution in [-0.4, -0.2) is 53.5 Å². The quantitative estimate of drug-likeness (QED) is 0.690. The SMILES string of the molecule is O=C(CNc1cnc2[nH]c(=O)oc2c1)N1CCN(c2ccc(Cl)c(F)c2)CC1. The Morgan fingerprint density at radius 3 is 2.82 bits per heavy atom. The zero-order chi connectivity index (χ0) is 19.7. The first-order chi connectivity index (χ1) is 13.5. The molecule has 1 fully saturated rings. The van der Waals surface area contributed by atoms with E-state index in [4.69, 9.17) is 16.0 Å². The molecule has 10 heteroatoms. The van der Waals surface area contributed by atoms with Crippen LogP contribution in [0.25, 0.3) is 11.2 Å². The van der Waals surface area contributed by atoms with E-state index >= 15 is 0 Å². The predicted octanol–water partition coefficient (Wildman–Crippen LogP) is 2.07. The summed E-state index contributed by atoms with van der Waals surface area (Å²) in [6, 6.07) is 6.32. The number of rotatable bonds is 4. The number of anilines is 2. The van der Waals surface area contributed by atoms with Crippen molar-refractivity contribution in [3.63, 3.8) is 0 Å². The van der Waals surface area contributed by atoms with Gasteiger partial charge in [0.1, 0.15) is 5.82 Å². The molecule has 146 valence electrons. The summed E-state index contributed by atoms with van der Waals surface area (Å²) in [7, 11) is 0. The molecule has 1 aliphatic heterocycles. The lowest BCUT2D eigenvalue weighted by Gasteiger charge is -2.36. The molecular formula is C18H17ClFN5O3. The number of benzene rings is 1. The largest absolute Gasteiger partial charge is 0.418 e. The topological polar surface area (TPSA) is 94.5 Å². The van der Waals surface area contributed by atoms with Crippen molar-refractivity contribution in [2.75, 3.05) is 42.9 Å². The number of piperazine rings is 1. The average Bonchev–Trinajstić information content (AvgIpc) is 3.07. The minimum absolute atomic E-state index is 0.0578. The van der Waals surface area contributed by atoms with Crippen LogP contribution in [0.3, 0.4) is 0 Å². The molecule has 28 heavy (non-hydrogen) atoms. The minimum Gasteiger partial charge on any atom is -0.406 e. The molecule has 1 aliphatic rings. The lowest BCUT2D eigenvalue weighted by Crippen LogP contribution is -2.50. The number of fused-ring (bicyclic) bond motifs is 1. The Hall–Kier alpha value is -3.07. The van der Waals surface area contributed by atoms with E-state index in [1.54, 1.807) is 17.0 Å². The molecule has 0 aliphatic carbocycles. The van der Waals surface area contributed by atoms with Gasteiger partial charge in [-0.2, -0.15) is 0 Å². The van der Waals surface area contributed by atoms with Crippen LogP contribution in [0.15, 0.2) is 39.7 Å². The lowest BCUT2D eigenvalue weighted by molar-refractivity contribution is -0.129. The molecular weight excluding hydrogens is 389 g/mol. The van der Waals surface area contributed by atoms with E-state index in [0.29, 0.717) is 43.1 Å². The highest BCUT2D eigenvalue weighted by molar-refractivity contribution is 6.30. The van der Waals surface area contributed by atoms with Crippen LogP contribution in [0, 0.1) is 5.82 Å². The van der Waals surface area contributed by atoms with Gasteiger partial charge in [0.2, 0.25) is 5.91 Å². The van der Waals surface area contributed by atoms with Gasteiger partial charge >= 0.3 is 5.76 Å². The van der Waals surface area contributed by atoms with Gasteiger partial charge in [-0.25, -0.2) is 14.2 Å². The summed E-state index contributed by atoms with van der Waals surface area (Å²) in [5.74, 6) is -1.09. The van der Waals surface area contributed by atoms with Crippen LogP contribution < -0.4 is 16.0 Å². The number of nitrogens with one attached hydrogen (secondary N) is 2. The van der Waals surface area contributed by atoms with Crippen molar-refractivity contribution < 1.29 is 13.6 Å². The summed E-state index contributed by atoms with van der Waals surface area (Å²) in [5.41, 5.74) is 2.02. The number of amides is 1. The monoisotopic (exact) mass is 405 g/mol. The number of hydrogen-bond donors (Lipinski definition) is 2. The fourth-order valence-electron chi connectivity index (χ4n) is 3.12. The molecule has 1 saturated heterocycles. The Morgan fingerprint density at radius 2 is 2.07 bits per heavy atom. The van der Waals surface area contributed by atoms with Crippen molar-refractivity contribution in [1.82, 2.24) is 14.9 Å². The maximum atomic E-state index is 13.6. The lowest BCUT2D eigenvalue weighted by atomic mass is 10.2. The molecule has 8 nitrogen and oxygen atoms in total. The molecule has 2 aromatic heterocycles. The first-order valence-corrected chi connectivity index (χ1v) is 9.08. The molecule has 0 saturated carbocycles. The highest BCUT2D eigenvalue weighted by Gasteiger charge is 2.21. The Labute approximate surface area is 163 Å². The number of halogens is 2. The van der Waals surface area contributed by atoms with Gasteiger partial charge < -0.3 is 19.5 Å². The first-order valence-electron chi connectivity index (χ1n) is 8.70. The molecule has 4 rings (SSSR count). The summed E-state index contributed by atoms with van der Waals surface area (Å²) in [6.45, 7) is 2.38. The maximum absolute atomic E-state index is 13.6. The predicted molar refractivity (Wildman–Crippen MR) is 103 cm³/mol. The average molecular weight is 406 g/mol. The van der Waals surface area contributed by atoms with Crippen molar-refractivity contribution in [1.29, 1.82) is 0 Å². The van der Waals surface area contributed by atoms with E-state index in [1.165, 1.54) is 18.3 Å². The minimum atomic E-state index is -0.575. The van der Waals surface area contributed by atoms with Crippen LogP contribution in [0.4, 0.5) is 15.8 Å². The molecule has 0 unspecified atom stereocenters. The summed E-state index contributed by atoms with van der Waals surface area (Å²) in [6.07, 6.45) is 1.52. The normalized spacial score (nSPS) is 14.5. The number of carbonyl (C=O) groups excluding carboxylic acids is 1. The van der Waals surface area contributed by atoms with Crippen LogP contribution in [-0.2, 0) is 4.79 Å². The third-order valence-corrected chi connectivity index (χ3v) is 4.93. The number of hydrogen-bond acceptors (Lipinski definition) is 6. The van der Waals surface area contributed by atoms with E-state index in [0.717, 1.165) is 5.69 Å². The van der Waals surface area contributed by atoms with Crippen molar-refractivity contribution in [3.05, 3.63) is 51.9 Å². The second-order valence-corrected chi connectivity index (χ2v) is 6.81. The van der Waals surface area contributed by atoms with Crippen LogP contribution in [0.5, 0.6) is 0 Å². The molecule has 1 amide bonds. The van der Waals surface area contributed by atoms with Gasteiger partial charge in [-0.05, 0) is 18.2 Å². The van der Waals surface area contributed by atoms with Crippen molar-refractivity contribution >= 4 is 40.1 Å². The fourth-order valence-corrected chi connectivity index (χ4v) is 3.24. The van der Waals surface area contributed by atoms with E-state index in [2.05, 4.69) is 15.3 Å². The number of aromatic amines is 1. The van der Waals surface area contributed by atoms with Crippen LogP contribution in [0.1, 0.15) is 0 Å². The van der Waals surface area contributed by atoms with E-state index in [9.17, 15) is 14.0 Å². The number of carbonyl (C=O) groups is 1. The molecule has 1 aromatic carbocycles. The molecule has 0 radical (unpaired) electrons. The zero-order valence-electron chi connectivity index (χ0n) is 14.7. The maximum Gasteiger partial charge on any atom is 0.418 e. The number of oxazole rings is 1.